The molecule has 0 radical (unpaired) electrons. The molecule has 0 atom stereocenters. The second-order valence-electron chi connectivity index (χ2n) is 6.69. The van der Waals surface area contributed by atoms with Crippen molar-refractivity contribution in [2.45, 2.75) is 12.8 Å². The largest absolute Gasteiger partial charge is 0.454 e. The predicted molar refractivity (Wildman–Crippen MR) is 109 cm³/mol. The third kappa shape index (κ3) is 4.35. The number of Topliss-reactive ketones (excluding diaryl/α,β-unsaturated/α-hetero) is 1. The number of hydrogen-bond donors (Lipinski definition) is 1. The van der Waals surface area contributed by atoms with Gasteiger partial charge in [0.2, 0.25) is 11.8 Å². The van der Waals surface area contributed by atoms with Gasteiger partial charge in [0, 0.05) is 23.9 Å². The van der Waals surface area contributed by atoms with Crippen molar-refractivity contribution in [1.29, 1.82) is 0 Å². The van der Waals surface area contributed by atoms with Crippen LogP contribution in [0.25, 0.3) is 0 Å². The molecule has 2 heterocycles. The molecule has 0 bridgehead atoms. The zero-order valence-electron chi connectivity index (χ0n) is 16.0. The lowest BCUT2D eigenvalue weighted by Crippen LogP contribution is -2.20. The molecule has 0 aliphatic carbocycles. The van der Waals surface area contributed by atoms with Crippen molar-refractivity contribution in [2.75, 3.05) is 11.9 Å². The van der Waals surface area contributed by atoms with E-state index >= 15 is 0 Å². The van der Waals surface area contributed by atoms with Crippen LogP contribution < -0.4 is 10.1 Å². The lowest BCUT2D eigenvalue weighted by Gasteiger charge is -2.17. The first-order chi connectivity index (χ1) is 14.6. The van der Waals surface area contributed by atoms with E-state index in [1.165, 1.54) is 12.3 Å². The maximum absolute atomic E-state index is 12.5. The first-order valence-corrected chi connectivity index (χ1v) is 9.41. The van der Waals surface area contributed by atoms with Gasteiger partial charge in [-0.25, -0.2) is 9.78 Å². The van der Waals surface area contributed by atoms with Crippen molar-refractivity contribution < 1.29 is 23.9 Å². The fourth-order valence-electron chi connectivity index (χ4n) is 3.08. The van der Waals surface area contributed by atoms with Crippen molar-refractivity contribution in [3.05, 3.63) is 83.6 Å². The SMILES string of the molecule is O=C1CCc2cc(C(=O)COC(=O)c3cccnc3Oc3ccccc3)ccc2N1. The highest BCUT2D eigenvalue weighted by atomic mass is 16.5. The Bertz CT molecular complexity index is 1110. The van der Waals surface area contributed by atoms with Crippen LogP contribution in [-0.2, 0) is 16.0 Å². The smallest absolute Gasteiger partial charge is 0.344 e. The predicted octanol–water partition coefficient (Wildman–Crippen LogP) is 3.80. The summed E-state index contributed by atoms with van der Waals surface area (Å²) in [6.07, 6.45) is 2.45. The number of nitrogens with zero attached hydrogens (tertiary/aromatic N) is 1. The van der Waals surface area contributed by atoms with E-state index in [1.807, 2.05) is 6.07 Å². The van der Waals surface area contributed by atoms with Crippen LogP contribution in [0, 0.1) is 0 Å². The Labute approximate surface area is 172 Å². The third-order valence-electron chi connectivity index (χ3n) is 4.61. The number of carbonyl (C=O) groups is 3. The standard InChI is InChI=1S/C23H18N2O5/c26-20(16-8-10-19-15(13-16)9-11-21(27)25-19)14-29-23(28)18-7-4-12-24-22(18)30-17-5-2-1-3-6-17/h1-8,10,12-13H,9,11,14H2,(H,25,27). The molecule has 7 nitrogen and oxygen atoms in total. The second-order valence-corrected chi connectivity index (χ2v) is 6.69. The van der Waals surface area contributed by atoms with Crippen LogP contribution in [0.3, 0.4) is 0 Å². The molecule has 30 heavy (non-hydrogen) atoms. The molecule has 0 saturated carbocycles. The molecule has 1 aromatic heterocycles. The summed E-state index contributed by atoms with van der Waals surface area (Å²) in [5.74, 6) is -0.446. The van der Waals surface area contributed by atoms with Crippen molar-refractivity contribution >= 4 is 23.3 Å². The maximum atomic E-state index is 12.5. The number of esters is 1. The number of benzene rings is 2. The number of pyridine rings is 1. The molecule has 3 aromatic rings. The van der Waals surface area contributed by atoms with Crippen LogP contribution >= 0.6 is 0 Å². The van der Waals surface area contributed by atoms with E-state index in [9.17, 15) is 14.4 Å². The highest BCUT2D eigenvalue weighted by Gasteiger charge is 2.20. The molecular formula is C23H18N2O5. The van der Waals surface area contributed by atoms with Crippen molar-refractivity contribution in [3.8, 4) is 11.6 Å². The summed E-state index contributed by atoms with van der Waals surface area (Å²) in [5, 5.41) is 2.77. The molecule has 0 fully saturated rings. The van der Waals surface area contributed by atoms with Gasteiger partial charge < -0.3 is 14.8 Å². The highest BCUT2D eigenvalue weighted by Crippen LogP contribution is 2.25. The lowest BCUT2D eigenvalue weighted by molar-refractivity contribution is -0.116. The molecule has 1 aliphatic rings. The fraction of sp³-hybridized carbons (Fsp3) is 0.130. The third-order valence-corrected chi connectivity index (χ3v) is 4.61. The number of anilines is 1. The Kier molecular flexibility index (Phi) is 5.52. The second kappa shape index (κ2) is 8.57. The van der Waals surface area contributed by atoms with Crippen LogP contribution in [0.1, 0.15) is 32.7 Å². The minimum Gasteiger partial charge on any atom is -0.454 e. The summed E-state index contributed by atoms with van der Waals surface area (Å²) in [5.41, 5.74) is 2.14. The molecule has 0 unspecified atom stereocenters. The van der Waals surface area contributed by atoms with Crippen LogP contribution in [0.4, 0.5) is 5.69 Å². The summed E-state index contributed by atoms with van der Waals surface area (Å²) < 4.78 is 10.9. The summed E-state index contributed by atoms with van der Waals surface area (Å²) in [7, 11) is 0. The number of amides is 1. The van der Waals surface area contributed by atoms with E-state index in [0.29, 0.717) is 29.8 Å². The number of hydrogen-bond acceptors (Lipinski definition) is 6. The minimum atomic E-state index is -0.701. The molecule has 1 aliphatic heterocycles. The van der Waals surface area contributed by atoms with E-state index in [4.69, 9.17) is 9.47 Å². The molecule has 2 aromatic carbocycles. The van der Waals surface area contributed by atoms with E-state index in [-0.39, 0.29) is 23.1 Å². The Morgan fingerprint density at radius 3 is 2.67 bits per heavy atom. The van der Waals surface area contributed by atoms with Gasteiger partial charge in [0.15, 0.2) is 12.4 Å². The van der Waals surface area contributed by atoms with Gasteiger partial charge in [0.25, 0.3) is 0 Å². The monoisotopic (exact) mass is 402 g/mol. The normalized spacial score (nSPS) is 12.5. The van der Waals surface area contributed by atoms with Crippen LogP contribution in [0.5, 0.6) is 11.6 Å². The van der Waals surface area contributed by atoms with Gasteiger partial charge in [0.1, 0.15) is 11.3 Å². The average Bonchev–Trinajstić information content (AvgIpc) is 2.78. The van der Waals surface area contributed by atoms with Crippen LogP contribution in [0.2, 0.25) is 0 Å². The molecule has 7 heteroatoms. The van der Waals surface area contributed by atoms with E-state index in [2.05, 4.69) is 10.3 Å². The van der Waals surface area contributed by atoms with Crippen LogP contribution in [0.15, 0.2) is 66.9 Å². The molecular weight excluding hydrogens is 384 g/mol. The number of rotatable bonds is 6. The van der Waals surface area contributed by atoms with Gasteiger partial charge in [-0.15, -0.1) is 0 Å². The number of nitrogens with one attached hydrogen (secondary N) is 1. The first-order valence-electron chi connectivity index (χ1n) is 9.41. The van der Waals surface area contributed by atoms with Gasteiger partial charge in [-0.05, 0) is 54.4 Å². The Balaban J connectivity index is 1.43. The number of carbonyl (C=O) groups excluding carboxylic acids is 3. The fourth-order valence-corrected chi connectivity index (χ4v) is 3.08. The first kappa shape index (κ1) is 19.3. The number of aromatic nitrogens is 1. The number of ether oxygens (including phenoxy) is 2. The van der Waals surface area contributed by atoms with Gasteiger partial charge >= 0.3 is 5.97 Å². The van der Waals surface area contributed by atoms with Crippen molar-refractivity contribution in [1.82, 2.24) is 4.98 Å². The molecule has 1 amide bonds. The molecule has 150 valence electrons. The zero-order chi connectivity index (χ0) is 20.9. The van der Waals surface area contributed by atoms with Crippen molar-refractivity contribution in [2.24, 2.45) is 0 Å². The number of ketones is 1. The number of fused-ring (bicyclic) bond motifs is 1. The molecule has 0 saturated heterocycles. The molecule has 0 spiro atoms. The topological polar surface area (TPSA) is 94.6 Å². The van der Waals surface area contributed by atoms with Gasteiger partial charge in [-0.1, -0.05) is 18.2 Å². The van der Waals surface area contributed by atoms with Crippen LogP contribution in [-0.4, -0.2) is 29.3 Å². The van der Waals surface area contributed by atoms with E-state index < -0.39 is 12.6 Å². The van der Waals surface area contributed by atoms with E-state index in [1.54, 1.807) is 48.5 Å². The molecule has 4 rings (SSSR count). The summed E-state index contributed by atoms with van der Waals surface area (Å²) in [6.45, 7) is -0.413. The zero-order valence-corrected chi connectivity index (χ0v) is 16.0. The van der Waals surface area contributed by atoms with Gasteiger partial charge in [-0.2, -0.15) is 0 Å². The number of para-hydroxylation sites is 1. The van der Waals surface area contributed by atoms with Crippen molar-refractivity contribution in [3.63, 3.8) is 0 Å². The lowest BCUT2D eigenvalue weighted by atomic mass is 9.99. The average molecular weight is 402 g/mol. The Morgan fingerprint density at radius 2 is 1.83 bits per heavy atom. The quantitative estimate of drug-likeness (QED) is 0.498. The van der Waals surface area contributed by atoms with Gasteiger partial charge in [0.05, 0.1) is 0 Å². The molecule has 1 N–H and O–H groups in total. The summed E-state index contributed by atoms with van der Waals surface area (Å²) >= 11 is 0. The Hall–Kier alpha value is -4.00. The van der Waals surface area contributed by atoms with Gasteiger partial charge in [-0.3, -0.25) is 9.59 Å². The maximum Gasteiger partial charge on any atom is 0.344 e. The summed E-state index contributed by atoms with van der Waals surface area (Å²) in [4.78, 5) is 40.6. The highest BCUT2D eigenvalue weighted by molar-refractivity contribution is 6.01. The van der Waals surface area contributed by atoms with E-state index in [0.717, 1.165) is 5.56 Å². The Morgan fingerprint density at radius 1 is 1.00 bits per heavy atom. The summed E-state index contributed by atoms with van der Waals surface area (Å²) in [6, 6.07) is 17.1. The minimum absolute atomic E-state index is 0.0412. The number of aryl methyl sites for hydroxylation is 1.